The second-order valence-electron chi connectivity index (χ2n) is 5.76. The summed E-state index contributed by atoms with van der Waals surface area (Å²) in [5, 5.41) is 12.3. The van der Waals surface area contributed by atoms with Crippen molar-refractivity contribution in [2.24, 2.45) is 11.1 Å². The normalized spacial score (nSPS) is 28.4. The lowest BCUT2D eigenvalue weighted by Crippen LogP contribution is -2.37. The predicted octanol–water partition coefficient (Wildman–Crippen LogP) is 0.374. The summed E-state index contributed by atoms with van der Waals surface area (Å²) in [4.78, 5) is 25.0. The highest BCUT2D eigenvalue weighted by Crippen LogP contribution is 2.37. The zero-order valence-electron chi connectivity index (χ0n) is 11.2. The number of primary amides is 1. The van der Waals surface area contributed by atoms with Crippen LogP contribution in [-0.2, 0) is 9.59 Å². The average molecular weight is 275 g/mol. The smallest absolute Gasteiger partial charge is 0.257 e. The summed E-state index contributed by atoms with van der Waals surface area (Å²) < 4.78 is 0. The summed E-state index contributed by atoms with van der Waals surface area (Å²) in [5.41, 5.74) is 7.08. The number of hydrogen-bond donors (Lipinski definition) is 3. The predicted molar refractivity (Wildman–Crippen MR) is 74.2 cm³/mol. The van der Waals surface area contributed by atoms with Crippen LogP contribution in [0.4, 0.5) is 11.4 Å². The highest BCUT2D eigenvalue weighted by atomic mass is 16.3. The van der Waals surface area contributed by atoms with Crippen molar-refractivity contribution in [1.82, 2.24) is 0 Å². The number of aliphatic hydroxyl groups excluding tert-OH is 1. The number of nitrogens with two attached hydrogens (primary N) is 1. The van der Waals surface area contributed by atoms with Crippen LogP contribution in [0.25, 0.3) is 0 Å². The van der Waals surface area contributed by atoms with E-state index in [-0.39, 0.29) is 5.91 Å². The van der Waals surface area contributed by atoms with Crippen molar-refractivity contribution in [3.63, 3.8) is 0 Å². The molecule has 0 aromatic heterocycles. The van der Waals surface area contributed by atoms with E-state index >= 15 is 0 Å². The highest BCUT2D eigenvalue weighted by Gasteiger charge is 2.39. The van der Waals surface area contributed by atoms with Crippen molar-refractivity contribution >= 4 is 23.2 Å². The number of carbonyl (C=O) groups excluding carboxylic acids is 2. The number of aliphatic hydroxyl groups is 1. The Labute approximate surface area is 116 Å². The van der Waals surface area contributed by atoms with Gasteiger partial charge in [-0.1, -0.05) is 6.07 Å². The molecule has 4 N–H and O–H groups in total. The molecule has 6 nitrogen and oxygen atoms in total. The zero-order valence-corrected chi connectivity index (χ0v) is 11.2. The molecule has 2 aliphatic rings. The van der Waals surface area contributed by atoms with Gasteiger partial charge >= 0.3 is 0 Å². The number of nitrogens with one attached hydrogen (secondary N) is 1. The summed E-state index contributed by atoms with van der Waals surface area (Å²) in [7, 11) is 0. The lowest BCUT2D eigenvalue weighted by molar-refractivity contribution is -0.125. The monoisotopic (exact) mass is 275 g/mol. The van der Waals surface area contributed by atoms with Gasteiger partial charge in [0, 0.05) is 30.0 Å². The van der Waals surface area contributed by atoms with Crippen molar-refractivity contribution in [2.75, 3.05) is 23.3 Å². The number of hydrogen-bond acceptors (Lipinski definition) is 4. The van der Waals surface area contributed by atoms with E-state index in [1.54, 1.807) is 6.07 Å². The Bertz CT molecular complexity index is 601. The van der Waals surface area contributed by atoms with Gasteiger partial charge in [0.1, 0.15) is 0 Å². The fourth-order valence-electron chi connectivity index (χ4n) is 2.81. The molecule has 1 fully saturated rings. The SMILES string of the molecule is CC1(C(N)=O)CCN(c2ccc3c(c2)NC(=O)C3O)C1. The van der Waals surface area contributed by atoms with E-state index in [2.05, 4.69) is 10.2 Å². The van der Waals surface area contributed by atoms with Gasteiger partial charge in [0.05, 0.1) is 5.41 Å². The Balaban J connectivity index is 1.86. The van der Waals surface area contributed by atoms with Crippen LogP contribution in [0.15, 0.2) is 18.2 Å². The Morgan fingerprint density at radius 2 is 2.30 bits per heavy atom. The highest BCUT2D eigenvalue weighted by molar-refractivity contribution is 6.02. The fraction of sp³-hybridized carbons (Fsp3) is 0.429. The van der Waals surface area contributed by atoms with Crippen LogP contribution in [0.2, 0.25) is 0 Å². The molecule has 2 aliphatic heterocycles. The van der Waals surface area contributed by atoms with Crippen molar-refractivity contribution in [2.45, 2.75) is 19.4 Å². The number of carbonyl (C=O) groups is 2. The second kappa shape index (κ2) is 4.21. The molecule has 2 amide bonds. The van der Waals surface area contributed by atoms with E-state index in [0.717, 1.165) is 12.2 Å². The van der Waals surface area contributed by atoms with Gasteiger partial charge in [-0.3, -0.25) is 9.59 Å². The molecular formula is C14H17N3O3. The van der Waals surface area contributed by atoms with Crippen molar-refractivity contribution in [3.8, 4) is 0 Å². The number of nitrogens with zero attached hydrogens (tertiary/aromatic N) is 1. The zero-order chi connectivity index (χ0) is 14.5. The van der Waals surface area contributed by atoms with Crippen LogP contribution in [0.5, 0.6) is 0 Å². The van der Waals surface area contributed by atoms with Crippen molar-refractivity contribution < 1.29 is 14.7 Å². The van der Waals surface area contributed by atoms with Crippen LogP contribution in [0.3, 0.4) is 0 Å². The number of rotatable bonds is 2. The number of amides is 2. The standard InChI is InChI=1S/C14H17N3O3/c1-14(13(15)20)4-5-17(7-14)8-2-3-9-10(6-8)16-12(19)11(9)18/h2-3,6,11,18H,4-5,7H2,1H3,(H2,15,20)(H,16,19). The maximum Gasteiger partial charge on any atom is 0.257 e. The first-order valence-electron chi connectivity index (χ1n) is 6.58. The first-order chi connectivity index (χ1) is 9.40. The minimum atomic E-state index is -1.09. The molecule has 1 saturated heterocycles. The molecule has 2 heterocycles. The third-order valence-electron chi connectivity index (χ3n) is 4.27. The molecule has 1 aromatic rings. The minimum absolute atomic E-state index is 0.287. The van der Waals surface area contributed by atoms with Gasteiger partial charge in [-0.2, -0.15) is 0 Å². The third kappa shape index (κ3) is 1.84. The van der Waals surface area contributed by atoms with Gasteiger partial charge in [0.15, 0.2) is 6.10 Å². The molecule has 0 saturated carbocycles. The molecule has 0 radical (unpaired) electrons. The molecule has 6 heteroatoms. The summed E-state index contributed by atoms with van der Waals surface area (Å²) in [6, 6.07) is 5.43. The largest absolute Gasteiger partial charge is 0.378 e. The number of benzene rings is 1. The molecule has 20 heavy (non-hydrogen) atoms. The van der Waals surface area contributed by atoms with Crippen molar-refractivity contribution in [1.29, 1.82) is 0 Å². The fourth-order valence-corrected chi connectivity index (χ4v) is 2.81. The van der Waals surface area contributed by atoms with Gasteiger partial charge in [-0.05, 0) is 25.5 Å². The van der Waals surface area contributed by atoms with Crippen LogP contribution < -0.4 is 16.0 Å². The van der Waals surface area contributed by atoms with Crippen molar-refractivity contribution in [3.05, 3.63) is 23.8 Å². The lowest BCUT2D eigenvalue weighted by atomic mass is 9.89. The molecule has 0 aliphatic carbocycles. The molecule has 0 spiro atoms. The first-order valence-corrected chi connectivity index (χ1v) is 6.58. The molecule has 2 atom stereocenters. The first kappa shape index (κ1) is 12.9. The second-order valence-corrected chi connectivity index (χ2v) is 5.76. The van der Waals surface area contributed by atoms with Gasteiger partial charge < -0.3 is 21.1 Å². The quantitative estimate of drug-likeness (QED) is 0.726. The van der Waals surface area contributed by atoms with E-state index in [0.29, 0.717) is 24.2 Å². The molecular weight excluding hydrogens is 258 g/mol. The number of anilines is 2. The third-order valence-corrected chi connectivity index (χ3v) is 4.27. The summed E-state index contributed by atoms with van der Waals surface area (Å²) in [6.45, 7) is 3.18. The Morgan fingerprint density at radius 3 is 2.95 bits per heavy atom. The van der Waals surface area contributed by atoms with E-state index in [9.17, 15) is 14.7 Å². The Morgan fingerprint density at radius 1 is 1.55 bits per heavy atom. The van der Waals surface area contributed by atoms with Gasteiger partial charge in [-0.15, -0.1) is 0 Å². The summed E-state index contributed by atoms with van der Waals surface area (Å²) in [6.07, 6.45) is -0.373. The maximum atomic E-state index is 11.5. The van der Waals surface area contributed by atoms with Crippen LogP contribution in [0, 0.1) is 5.41 Å². The number of fused-ring (bicyclic) bond motifs is 1. The topological polar surface area (TPSA) is 95.7 Å². The molecule has 2 unspecified atom stereocenters. The van der Waals surface area contributed by atoms with Gasteiger partial charge in [0.2, 0.25) is 5.91 Å². The molecule has 0 bridgehead atoms. The average Bonchev–Trinajstić information content (AvgIpc) is 2.93. The van der Waals surface area contributed by atoms with Crippen LogP contribution in [-0.4, -0.2) is 30.0 Å². The van der Waals surface area contributed by atoms with Gasteiger partial charge in [-0.25, -0.2) is 0 Å². The van der Waals surface area contributed by atoms with E-state index in [1.165, 1.54) is 0 Å². The van der Waals surface area contributed by atoms with E-state index < -0.39 is 17.4 Å². The van der Waals surface area contributed by atoms with Gasteiger partial charge in [0.25, 0.3) is 5.91 Å². The summed E-state index contributed by atoms with van der Waals surface area (Å²) in [5.74, 6) is -0.689. The van der Waals surface area contributed by atoms with Crippen LogP contribution in [0.1, 0.15) is 25.0 Å². The molecule has 3 rings (SSSR count). The Hall–Kier alpha value is -2.08. The van der Waals surface area contributed by atoms with Crippen LogP contribution >= 0.6 is 0 Å². The lowest BCUT2D eigenvalue weighted by Gasteiger charge is -2.23. The summed E-state index contributed by atoms with van der Waals surface area (Å²) >= 11 is 0. The minimum Gasteiger partial charge on any atom is -0.378 e. The molecule has 106 valence electrons. The maximum absolute atomic E-state index is 11.5. The Kier molecular flexibility index (Phi) is 2.72. The van der Waals surface area contributed by atoms with E-state index in [4.69, 9.17) is 5.73 Å². The molecule has 1 aromatic carbocycles. The van der Waals surface area contributed by atoms with E-state index in [1.807, 2.05) is 19.1 Å².